The van der Waals surface area contributed by atoms with Gasteiger partial charge < -0.3 is 5.73 Å². The second-order valence-corrected chi connectivity index (χ2v) is 2.58. The fraction of sp³-hybridized carbons (Fsp3) is 0. The van der Waals surface area contributed by atoms with Crippen LogP contribution in [0.4, 0.5) is 5.69 Å². The molecular formula is C7H7ClN2O2. The maximum absolute atomic E-state index is 10.8. The Hall–Kier alpha value is -1.26. The Labute approximate surface area is 73.9 Å². The quantitative estimate of drug-likeness (QED) is 0.349. The van der Waals surface area contributed by atoms with Crippen molar-refractivity contribution in [2.75, 3.05) is 5.73 Å². The van der Waals surface area contributed by atoms with Crippen molar-refractivity contribution in [3.8, 4) is 0 Å². The lowest BCUT2D eigenvalue weighted by molar-refractivity contribution is 0.0706. The third kappa shape index (κ3) is 1.66. The normalized spacial score (nSPS) is 9.50. The Morgan fingerprint density at radius 3 is 2.75 bits per heavy atom. The summed E-state index contributed by atoms with van der Waals surface area (Å²) in [6.07, 6.45) is 0. The Morgan fingerprint density at radius 1 is 1.58 bits per heavy atom. The van der Waals surface area contributed by atoms with Gasteiger partial charge in [0.15, 0.2) is 0 Å². The first-order valence-electron chi connectivity index (χ1n) is 3.14. The van der Waals surface area contributed by atoms with E-state index in [1.54, 1.807) is 0 Å². The van der Waals surface area contributed by atoms with E-state index >= 15 is 0 Å². The van der Waals surface area contributed by atoms with Crippen LogP contribution in [0.15, 0.2) is 18.2 Å². The fourth-order valence-electron chi connectivity index (χ4n) is 0.750. The zero-order valence-electron chi connectivity index (χ0n) is 6.04. The van der Waals surface area contributed by atoms with Crippen molar-refractivity contribution >= 4 is 23.2 Å². The van der Waals surface area contributed by atoms with Crippen molar-refractivity contribution in [1.29, 1.82) is 0 Å². The number of amides is 1. The van der Waals surface area contributed by atoms with E-state index in [4.69, 9.17) is 22.5 Å². The van der Waals surface area contributed by atoms with E-state index in [0.717, 1.165) is 0 Å². The average Bonchev–Trinajstić information content (AvgIpc) is 2.08. The SMILES string of the molecule is Nc1cc(C(=O)NO)ccc1Cl. The Kier molecular flexibility index (Phi) is 2.52. The van der Waals surface area contributed by atoms with E-state index in [9.17, 15) is 4.79 Å². The van der Waals surface area contributed by atoms with Gasteiger partial charge in [0.05, 0.1) is 10.7 Å². The average molecular weight is 187 g/mol. The molecule has 64 valence electrons. The highest BCUT2D eigenvalue weighted by Gasteiger charge is 2.05. The van der Waals surface area contributed by atoms with Crippen molar-refractivity contribution in [2.24, 2.45) is 0 Å². The second kappa shape index (κ2) is 3.42. The van der Waals surface area contributed by atoms with Crippen LogP contribution in [0.3, 0.4) is 0 Å². The lowest BCUT2D eigenvalue weighted by Gasteiger charge is -2.01. The summed E-state index contributed by atoms with van der Waals surface area (Å²) in [4.78, 5) is 10.8. The Balaban J connectivity index is 3.05. The third-order valence-corrected chi connectivity index (χ3v) is 1.70. The lowest BCUT2D eigenvalue weighted by atomic mass is 10.2. The molecule has 0 saturated carbocycles. The van der Waals surface area contributed by atoms with Crippen LogP contribution in [0.25, 0.3) is 0 Å². The summed E-state index contributed by atoms with van der Waals surface area (Å²) in [7, 11) is 0. The molecule has 0 heterocycles. The molecule has 0 fully saturated rings. The number of nitrogens with two attached hydrogens (primary N) is 1. The molecule has 5 heteroatoms. The molecular weight excluding hydrogens is 180 g/mol. The van der Waals surface area contributed by atoms with Gasteiger partial charge in [-0.3, -0.25) is 10.0 Å². The number of rotatable bonds is 1. The summed E-state index contributed by atoms with van der Waals surface area (Å²) in [6.45, 7) is 0. The molecule has 1 amide bonds. The molecule has 0 spiro atoms. The molecule has 0 aliphatic carbocycles. The van der Waals surface area contributed by atoms with Gasteiger partial charge in [0.1, 0.15) is 0 Å². The minimum atomic E-state index is -0.613. The number of carbonyl (C=O) groups excluding carboxylic acids is 1. The van der Waals surface area contributed by atoms with Crippen LogP contribution < -0.4 is 11.2 Å². The van der Waals surface area contributed by atoms with Gasteiger partial charge in [-0.15, -0.1) is 0 Å². The topological polar surface area (TPSA) is 75.4 Å². The predicted molar refractivity (Wildman–Crippen MR) is 45.1 cm³/mol. The van der Waals surface area contributed by atoms with Crippen LogP contribution in [-0.2, 0) is 0 Å². The minimum Gasteiger partial charge on any atom is -0.398 e. The molecule has 0 unspecified atom stereocenters. The monoisotopic (exact) mass is 186 g/mol. The molecule has 1 rings (SSSR count). The van der Waals surface area contributed by atoms with Crippen LogP contribution in [0, 0.1) is 0 Å². The van der Waals surface area contributed by atoms with E-state index in [1.807, 2.05) is 0 Å². The van der Waals surface area contributed by atoms with E-state index in [-0.39, 0.29) is 5.56 Å². The van der Waals surface area contributed by atoms with E-state index in [0.29, 0.717) is 10.7 Å². The van der Waals surface area contributed by atoms with Gasteiger partial charge in [-0.2, -0.15) is 0 Å². The number of nitrogens with one attached hydrogen (secondary N) is 1. The molecule has 0 aromatic heterocycles. The van der Waals surface area contributed by atoms with Crippen LogP contribution in [0.1, 0.15) is 10.4 Å². The Morgan fingerprint density at radius 2 is 2.25 bits per heavy atom. The van der Waals surface area contributed by atoms with Crippen molar-refractivity contribution in [3.63, 3.8) is 0 Å². The van der Waals surface area contributed by atoms with Crippen molar-refractivity contribution in [2.45, 2.75) is 0 Å². The van der Waals surface area contributed by atoms with Crippen molar-refractivity contribution < 1.29 is 10.0 Å². The van der Waals surface area contributed by atoms with Crippen LogP contribution in [0.2, 0.25) is 5.02 Å². The lowest BCUT2D eigenvalue weighted by Crippen LogP contribution is -2.18. The van der Waals surface area contributed by atoms with Gasteiger partial charge in [-0.05, 0) is 18.2 Å². The van der Waals surface area contributed by atoms with E-state index in [1.165, 1.54) is 23.7 Å². The molecule has 0 radical (unpaired) electrons. The van der Waals surface area contributed by atoms with Gasteiger partial charge in [0.2, 0.25) is 0 Å². The van der Waals surface area contributed by atoms with Gasteiger partial charge in [-0.25, -0.2) is 5.48 Å². The van der Waals surface area contributed by atoms with Crippen molar-refractivity contribution in [1.82, 2.24) is 5.48 Å². The number of hydroxylamine groups is 1. The largest absolute Gasteiger partial charge is 0.398 e. The highest BCUT2D eigenvalue weighted by atomic mass is 35.5. The first-order valence-corrected chi connectivity index (χ1v) is 3.52. The predicted octanol–water partition coefficient (Wildman–Crippen LogP) is 1.04. The summed E-state index contributed by atoms with van der Waals surface area (Å²) >= 11 is 5.61. The zero-order chi connectivity index (χ0) is 9.14. The standard InChI is InChI=1S/C7H7ClN2O2/c8-5-2-1-4(3-6(5)9)7(11)10-12/h1-3,12H,9H2,(H,10,11). The molecule has 1 aromatic rings. The molecule has 0 aliphatic rings. The first kappa shape index (κ1) is 8.83. The number of hydrogen-bond donors (Lipinski definition) is 3. The number of nitrogen functional groups attached to an aromatic ring is 1. The summed E-state index contributed by atoms with van der Waals surface area (Å²) in [5, 5.41) is 8.65. The summed E-state index contributed by atoms with van der Waals surface area (Å²) in [5.41, 5.74) is 7.48. The molecule has 0 atom stereocenters. The number of hydrogen-bond acceptors (Lipinski definition) is 3. The second-order valence-electron chi connectivity index (χ2n) is 2.18. The highest BCUT2D eigenvalue weighted by Crippen LogP contribution is 2.19. The number of benzene rings is 1. The third-order valence-electron chi connectivity index (χ3n) is 1.36. The Bertz CT molecular complexity index is 314. The smallest absolute Gasteiger partial charge is 0.274 e. The fourth-order valence-corrected chi connectivity index (χ4v) is 0.867. The van der Waals surface area contributed by atoms with Gasteiger partial charge in [0, 0.05) is 5.56 Å². The minimum absolute atomic E-state index is 0.263. The summed E-state index contributed by atoms with van der Waals surface area (Å²) in [5.74, 6) is -0.613. The molecule has 0 aliphatic heterocycles. The summed E-state index contributed by atoms with van der Waals surface area (Å²) in [6, 6.07) is 4.33. The van der Waals surface area contributed by atoms with E-state index in [2.05, 4.69) is 0 Å². The highest BCUT2D eigenvalue weighted by molar-refractivity contribution is 6.33. The number of halogens is 1. The first-order chi connectivity index (χ1) is 5.65. The maximum Gasteiger partial charge on any atom is 0.274 e. The van der Waals surface area contributed by atoms with Gasteiger partial charge >= 0.3 is 0 Å². The molecule has 0 bridgehead atoms. The molecule has 1 aromatic carbocycles. The molecule has 0 saturated heterocycles. The van der Waals surface area contributed by atoms with Crippen LogP contribution in [-0.4, -0.2) is 11.1 Å². The molecule has 12 heavy (non-hydrogen) atoms. The van der Waals surface area contributed by atoms with Crippen molar-refractivity contribution in [3.05, 3.63) is 28.8 Å². The number of carbonyl (C=O) groups is 1. The summed E-state index contributed by atoms with van der Waals surface area (Å²) < 4.78 is 0. The number of anilines is 1. The maximum atomic E-state index is 10.8. The van der Waals surface area contributed by atoms with Gasteiger partial charge in [0.25, 0.3) is 5.91 Å². The van der Waals surface area contributed by atoms with E-state index < -0.39 is 5.91 Å². The van der Waals surface area contributed by atoms with Crippen LogP contribution >= 0.6 is 11.6 Å². The van der Waals surface area contributed by atoms with Crippen LogP contribution in [0.5, 0.6) is 0 Å². The molecule has 4 N–H and O–H groups in total. The zero-order valence-corrected chi connectivity index (χ0v) is 6.80. The molecule has 4 nitrogen and oxygen atoms in total. The van der Waals surface area contributed by atoms with Gasteiger partial charge in [-0.1, -0.05) is 11.6 Å².